The Balaban J connectivity index is 2.24. The van der Waals surface area contributed by atoms with Crippen molar-refractivity contribution in [2.45, 2.75) is 24.4 Å². The van der Waals surface area contributed by atoms with Gasteiger partial charge in [-0.3, -0.25) is 0 Å². The number of urea groups is 1. The summed E-state index contributed by atoms with van der Waals surface area (Å²) in [5, 5.41) is 2.51. The number of carbonyl (C=O) groups is 1. The van der Waals surface area contributed by atoms with Gasteiger partial charge in [-0.1, -0.05) is 23.8 Å². The van der Waals surface area contributed by atoms with Gasteiger partial charge in [-0.25, -0.2) is 9.79 Å². The number of amides is 2. The maximum Gasteiger partial charge on any atom is 0.406 e. The Hall–Kier alpha value is -1.82. The molecule has 1 fully saturated rings. The molecule has 1 heterocycles. The zero-order valence-electron chi connectivity index (χ0n) is 11.3. The lowest BCUT2D eigenvalue weighted by Crippen LogP contribution is -2.42. The molecule has 1 N–H and O–H groups in total. The SMILES string of the molecule is O=C1N=C[C@@](/C=C/C2CC2)(C(F)(F)F)c2cc(Cl)ccc2N1. The van der Waals surface area contributed by atoms with Gasteiger partial charge in [0, 0.05) is 22.5 Å². The molecule has 1 aliphatic carbocycles. The molecule has 1 aliphatic heterocycles. The molecule has 0 saturated heterocycles. The number of rotatable bonds is 2. The minimum atomic E-state index is -4.65. The highest BCUT2D eigenvalue weighted by atomic mass is 35.5. The number of nitrogens with one attached hydrogen (secondary N) is 1. The van der Waals surface area contributed by atoms with Crippen LogP contribution in [-0.4, -0.2) is 18.4 Å². The van der Waals surface area contributed by atoms with Crippen LogP contribution in [0.3, 0.4) is 0 Å². The third-order valence-corrected chi connectivity index (χ3v) is 4.01. The maximum atomic E-state index is 13.9. The number of allylic oxidation sites excluding steroid dienone is 2. The Morgan fingerprint density at radius 1 is 1.36 bits per heavy atom. The van der Waals surface area contributed by atoms with E-state index in [0.717, 1.165) is 18.9 Å². The number of aliphatic imine (C=N–C) groups is 1. The van der Waals surface area contributed by atoms with Crippen molar-refractivity contribution >= 4 is 29.5 Å². The fourth-order valence-electron chi connectivity index (χ4n) is 2.37. The molecule has 0 unspecified atom stereocenters. The number of hydrogen-bond acceptors (Lipinski definition) is 1. The average Bonchev–Trinajstić information content (AvgIpc) is 3.24. The van der Waals surface area contributed by atoms with Crippen LogP contribution in [0.25, 0.3) is 0 Å². The molecular weight excluding hydrogens is 317 g/mol. The lowest BCUT2D eigenvalue weighted by Gasteiger charge is -2.30. The summed E-state index contributed by atoms with van der Waals surface area (Å²) in [7, 11) is 0. The monoisotopic (exact) mass is 328 g/mol. The number of nitrogens with zero attached hydrogens (tertiary/aromatic N) is 1. The first-order valence-corrected chi connectivity index (χ1v) is 7.12. The Labute approximate surface area is 129 Å². The average molecular weight is 329 g/mol. The van der Waals surface area contributed by atoms with Crippen LogP contribution in [0, 0.1) is 5.92 Å². The van der Waals surface area contributed by atoms with Gasteiger partial charge in [0.25, 0.3) is 0 Å². The van der Waals surface area contributed by atoms with Gasteiger partial charge in [0.05, 0.1) is 0 Å². The number of fused-ring (bicyclic) bond motifs is 1. The zero-order chi connectivity index (χ0) is 16.0. The largest absolute Gasteiger partial charge is 0.406 e. The van der Waals surface area contributed by atoms with Gasteiger partial charge in [-0.05, 0) is 37.0 Å². The van der Waals surface area contributed by atoms with Crippen molar-refractivity contribution < 1.29 is 18.0 Å². The summed E-state index contributed by atoms with van der Waals surface area (Å²) < 4.78 is 41.6. The molecule has 0 aromatic heterocycles. The number of halogens is 4. The molecule has 22 heavy (non-hydrogen) atoms. The van der Waals surface area contributed by atoms with Crippen LogP contribution in [0.4, 0.5) is 23.7 Å². The lowest BCUT2D eigenvalue weighted by molar-refractivity contribution is -0.155. The fraction of sp³-hybridized carbons (Fsp3) is 0.333. The second-order valence-corrected chi connectivity index (χ2v) is 5.88. The van der Waals surface area contributed by atoms with E-state index in [1.165, 1.54) is 18.2 Å². The van der Waals surface area contributed by atoms with E-state index in [4.69, 9.17) is 11.6 Å². The second-order valence-electron chi connectivity index (χ2n) is 5.44. The van der Waals surface area contributed by atoms with Gasteiger partial charge in [0.15, 0.2) is 0 Å². The summed E-state index contributed by atoms with van der Waals surface area (Å²) in [6.45, 7) is 0. The van der Waals surface area contributed by atoms with Crippen LogP contribution in [0.1, 0.15) is 18.4 Å². The van der Waals surface area contributed by atoms with Crippen molar-refractivity contribution in [3.63, 3.8) is 0 Å². The molecule has 116 valence electrons. The van der Waals surface area contributed by atoms with Gasteiger partial charge < -0.3 is 5.32 Å². The maximum absolute atomic E-state index is 13.9. The summed E-state index contributed by atoms with van der Waals surface area (Å²) in [6.07, 6.45) is 0.392. The molecule has 1 atom stereocenters. The smallest absolute Gasteiger partial charge is 0.306 e. The first-order valence-electron chi connectivity index (χ1n) is 6.74. The van der Waals surface area contributed by atoms with Crippen LogP contribution in [0.15, 0.2) is 35.3 Å². The van der Waals surface area contributed by atoms with E-state index in [1.807, 2.05) is 0 Å². The fourth-order valence-corrected chi connectivity index (χ4v) is 2.55. The number of carbonyl (C=O) groups excluding carboxylic acids is 1. The van der Waals surface area contributed by atoms with Crippen molar-refractivity contribution in [1.29, 1.82) is 0 Å². The van der Waals surface area contributed by atoms with Crippen molar-refractivity contribution in [3.05, 3.63) is 40.9 Å². The minimum absolute atomic E-state index is 0.0599. The van der Waals surface area contributed by atoms with Crippen molar-refractivity contribution in [3.8, 4) is 0 Å². The summed E-state index contributed by atoms with van der Waals surface area (Å²) in [6, 6.07) is 3.17. The quantitative estimate of drug-likeness (QED) is 0.784. The van der Waals surface area contributed by atoms with E-state index in [2.05, 4.69) is 10.3 Å². The second kappa shape index (κ2) is 5.12. The van der Waals surface area contributed by atoms with Crippen LogP contribution in [0.5, 0.6) is 0 Å². The van der Waals surface area contributed by atoms with E-state index in [1.54, 1.807) is 6.08 Å². The van der Waals surface area contributed by atoms with Crippen LogP contribution < -0.4 is 5.32 Å². The Morgan fingerprint density at radius 3 is 2.73 bits per heavy atom. The summed E-state index contributed by atoms with van der Waals surface area (Å²) >= 11 is 5.87. The lowest BCUT2D eigenvalue weighted by atomic mass is 9.79. The molecule has 1 saturated carbocycles. The summed E-state index contributed by atoms with van der Waals surface area (Å²) in [4.78, 5) is 15.0. The molecule has 3 nitrogen and oxygen atoms in total. The standard InChI is InChI=1S/C15H12ClF3N2O/c16-10-3-4-12-11(7-10)14(15(17,18)19,6-5-9-1-2-9)8-20-13(22)21-12/h3-9H,1-2H2,(H,21,22)/b6-5+/t14-/m1/s1. The highest BCUT2D eigenvalue weighted by molar-refractivity contribution is 6.30. The zero-order valence-corrected chi connectivity index (χ0v) is 12.1. The molecule has 0 spiro atoms. The van der Waals surface area contributed by atoms with Gasteiger partial charge in [-0.2, -0.15) is 13.2 Å². The summed E-state index contributed by atoms with van der Waals surface area (Å²) in [5.74, 6) is 0.155. The number of benzene rings is 1. The number of anilines is 1. The molecule has 3 rings (SSSR count). The highest BCUT2D eigenvalue weighted by Gasteiger charge is 2.55. The normalized spacial score (nSPS) is 25.0. The predicted molar refractivity (Wildman–Crippen MR) is 78.6 cm³/mol. The van der Waals surface area contributed by atoms with E-state index < -0.39 is 17.6 Å². The third-order valence-electron chi connectivity index (χ3n) is 3.78. The molecule has 1 aromatic carbocycles. The molecule has 0 radical (unpaired) electrons. The van der Waals surface area contributed by atoms with Crippen molar-refractivity contribution in [1.82, 2.24) is 0 Å². The van der Waals surface area contributed by atoms with Crippen LogP contribution in [0.2, 0.25) is 5.02 Å². The molecule has 1 aromatic rings. The van der Waals surface area contributed by atoms with Crippen molar-refractivity contribution in [2.24, 2.45) is 10.9 Å². The molecule has 2 aliphatic rings. The molecule has 2 amide bonds. The van der Waals surface area contributed by atoms with Crippen LogP contribution in [-0.2, 0) is 5.41 Å². The highest BCUT2D eigenvalue weighted by Crippen LogP contribution is 2.46. The first-order chi connectivity index (χ1) is 10.3. The Bertz CT molecular complexity index is 680. The topological polar surface area (TPSA) is 41.5 Å². The third kappa shape index (κ3) is 2.63. The van der Waals surface area contributed by atoms with Gasteiger partial charge in [0.1, 0.15) is 5.41 Å². The van der Waals surface area contributed by atoms with Gasteiger partial charge in [0.2, 0.25) is 0 Å². The Kier molecular flexibility index (Phi) is 3.51. The minimum Gasteiger partial charge on any atom is -0.306 e. The molecular formula is C15H12ClF3N2O. The summed E-state index contributed by atoms with van der Waals surface area (Å²) in [5.41, 5.74) is -2.53. The van der Waals surface area contributed by atoms with E-state index in [0.29, 0.717) is 6.21 Å². The predicted octanol–water partition coefficient (Wildman–Crippen LogP) is 4.72. The molecule has 0 bridgehead atoms. The number of alkyl halides is 3. The van der Waals surface area contributed by atoms with Gasteiger partial charge >= 0.3 is 12.2 Å². The Morgan fingerprint density at radius 2 is 2.09 bits per heavy atom. The van der Waals surface area contributed by atoms with Crippen molar-refractivity contribution in [2.75, 3.05) is 5.32 Å². The van der Waals surface area contributed by atoms with E-state index in [-0.39, 0.29) is 22.2 Å². The van der Waals surface area contributed by atoms with E-state index in [9.17, 15) is 18.0 Å². The first kappa shape index (κ1) is 15.1. The molecule has 7 heteroatoms. The van der Waals surface area contributed by atoms with E-state index >= 15 is 0 Å². The van der Waals surface area contributed by atoms with Crippen LogP contribution >= 0.6 is 11.6 Å². The number of hydrogen-bond donors (Lipinski definition) is 1. The van der Waals surface area contributed by atoms with Gasteiger partial charge in [-0.15, -0.1) is 0 Å².